The van der Waals surface area contributed by atoms with Gasteiger partial charge in [-0.15, -0.1) is 11.6 Å². The first-order chi connectivity index (χ1) is 9.26. The number of benzene rings is 2. The molecule has 0 aromatic heterocycles. The highest BCUT2D eigenvalue weighted by molar-refractivity contribution is 6.17. The van der Waals surface area contributed by atoms with Crippen LogP contribution in [0, 0.1) is 0 Å². The van der Waals surface area contributed by atoms with Crippen LogP contribution in [0.2, 0.25) is 0 Å². The third kappa shape index (κ3) is 3.74. The highest BCUT2D eigenvalue weighted by Crippen LogP contribution is 2.43. The molecular weight excluding hydrogens is 256 g/mol. The Bertz CT molecular complexity index is 527. The van der Waals surface area contributed by atoms with E-state index in [-0.39, 0.29) is 0 Å². The fourth-order valence-electron chi connectivity index (χ4n) is 1.99. The molecule has 0 bridgehead atoms. The maximum absolute atomic E-state index is 9.13. The molecule has 0 spiro atoms. The zero-order valence-electron chi connectivity index (χ0n) is 11.2. The van der Waals surface area contributed by atoms with E-state index in [1.165, 1.54) is 41.5 Å². The number of phenolic OH excluding ortho intramolecular Hbond substituents is 1. The van der Waals surface area contributed by atoms with Gasteiger partial charge in [-0.25, -0.2) is 0 Å². The third-order valence-corrected chi connectivity index (χ3v) is 3.43. The number of aromatic hydroxyl groups is 1. The highest BCUT2D eigenvalue weighted by atomic mass is 35.5. The molecular formula is C17H19ClO. The number of fused-ring (bicyclic) bond motifs is 1. The number of halogens is 1. The van der Waals surface area contributed by atoms with E-state index < -0.39 is 0 Å². The number of hydrogen-bond acceptors (Lipinski definition) is 1. The van der Waals surface area contributed by atoms with Crippen LogP contribution in [0.1, 0.15) is 26.2 Å². The molecule has 0 unspecified atom stereocenters. The lowest BCUT2D eigenvalue weighted by Crippen LogP contribution is -1.71. The molecule has 3 rings (SSSR count). The minimum absolute atomic E-state index is 0.320. The number of alkyl halides is 1. The molecule has 1 nitrogen and oxygen atoms in total. The van der Waals surface area contributed by atoms with Crippen molar-refractivity contribution in [2.24, 2.45) is 0 Å². The van der Waals surface area contributed by atoms with Crippen LogP contribution in [0.5, 0.6) is 5.75 Å². The molecule has 100 valence electrons. The second kappa shape index (κ2) is 6.63. The molecule has 1 N–H and O–H groups in total. The maximum atomic E-state index is 9.13. The van der Waals surface area contributed by atoms with Crippen LogP contribution >= 0.6 is 11.6 Å². The van der Waals surface area contributed by atoms with E-state index in [1.807, 2.05) is 12.1 Å². The van der Waals surface area contributed by atoms with Crippen LogP contribution in [0.15, 0.2) is 42.5 Å². The van der Waals surface area contributed by atoms with Gasteiger partial charge in [0, 0.05) is 5.88 Å². The zero-order chi connectivity index (χ0) is 13.7. The van der Waals surface area contributed by atoms with Crippen LogP contribution in [-0.4, -0.2) is 11.0 Å². The van der Waals surface area contributed by atoms with E-state index in [0.717, 1.165) is 5.88 Å². The Morgan fingerprint density at radius 1 is 0.895 bits per heavy atom. The summed E-state index contributed by atoms with van der Waals surface area (Å²) in [7, 11) is 0. The molecule has 0 amide bonds. The summed E-state index contributed by atoms with van der Waals surface area (Å²) in [5.41, 5.74) is 5.15. The number of phenols is 1. The largest absolute Gasteiger partial charge is 0.508 e. The van der Waals surface area contributed by atoms with Gasteiger partial charge in [-0.2, -0.15) is 0 Å². The molecule has 0 radical (unpaired) electrons. The summed E-state index contributed by atoms with van der Waals surface area (Å²) in [6, 6.07) is 13.7. The lowest BCUT2D eigenvalue weighted by molar-refractivity contribution is 0.475. The Morgan fingerprint density at radius 3 is 2.00 bits per heavy atom. The van der Waals surface area contributed by atoms with Gasteiger partial charge in [0.05, 0.1) is 0 Å². The monoisotopic (exact) mass is 274 g/mol. The average Bonchev–Trinajstić information content (AvgIpc) is 3.10. The van der Waals surface area contributed by atoms with E-state index in [9.17, 15) is 0 Å². The summed E-state index contributed by atoms with van der Waals surface area (Å²) in [4.78, 5) is 0. The van der Waals surface area contributed by atoms with E-state index in [0.29, 0.717) is 5.75 Å². The van der Waals surface area contributed by atoms with E-state index in [2.05, 4.69) is 25.1 Å². The molecule has 0 saturated carbocycles. The van der Waals surface area contributed by atoms with Gasteiger partial charge in [0.25, 0.3) is 0 Å². The van der Waals surface area contributed by atoms with Gasteiger partial charge in [0.15, 0.2) is 0 Å². The van der Waals surface area contributed by atoms with Crippen LogP contribution in [-0.2, 0) is 0 Å². The SMILES string of the molecule is CCCCCCl.Oc1ccc(-c2ccc3cc2-3)cc1. The van der Waals surface area contributed by atoms with Crippen molar-refractivity contribution in [3.8, 4) is 28.0 Å². The number of unbranched alkanes of at least 4 members (excludes halogenated alkanes) is 2. The van der Waals surface area contributed by atoms with Crippen molar-refractivity contribution in [2.45, 2.75) is 26.2 Å². The fraction of sp³-hybridized carbons (Fsp3) is 0.294. The summed E-state index contributed by atoms with van der Waals surface area (Å²) in [6.45, 7) is 2.17. The Kier molecular flexibility index (Phi) is 4.86. The Hall–Kier alpha value is -1.47. The van der Waals surface area contributed by atoms with Gasteiger partial charge < -0.3 is 5.11 Å². The van der Waals surface area contributed by atoms with Crippen molar-refractivity contribution < 1.29 is 5.11 Å². The Balaban J connectivity index is 0.000000192. The van der Waals surface area contributed by atoms with Gasteiger partial charge in [-0.05, 0) is 46.9 Å². The van der Waals surface area contributed by atoms with Crippen LogP contribution in [0.3, 0.4) is 0 Å². The van der Waals surface area contributed by atoms with Gasteiger partial charge >= 0.3 is 0 Å². The molecule has 2 heteroatoms. The second-order valence-electron chi connectivity index (χ2n) is 4.70. The predicted octanol–water partition coefficient (Wildman–Crippen LogP) is 5.46. The van der Waals surface area contributed by atoms with Crippen molar-refractivity contribution in [3.05, 3.63) is 42.5 Å². The first kappa shape index (κ1) is 14.0. The Labute approximate surface area is 119 Å². The van der Waals surface area contributed by atoms with Crippen molar-refractivity contribution in [1.82, 2.24) is 0 Å². The lowest BCUT2D eigenvalue weighted by Gasteiger charge is -1.97. The number of hydrogen-bond donors (Lipinski definition) is 1. The van der Waals surface area contributed by atoms with E-state index >= 15 is 0 Å². The van der Waals surface area contributed by atoms with Gasteiger partial charge in [0.1, 0.15) is 5.75 Å². The van der Waals surface area contributed by atoms with Crippen molar-refractivity contribution >= 4 is 11.6 Å². The van der Waals surface area contributed by atoms with Crippen molar-refractivity contribution in [1.29, 1.82) is 0 Å². The lowest BCUT2D eigenvalue weighted by atomic mass is 10.1. The van der Waals surface area contributed by atoms with E-state index in [4.69, 9.17) is 16.7 Å². The summed E-state index contributed by atoms with van der Waals surface area (Å²) in [5.74, 6) is 1.15. The summed E-state index contributed by atoms with van der Waals surface area (Å²) in [5, 5.41) is 9.13. The fourth-order valence-corrected chi connectivity index (χ4v) is 2.18. The summed E-state index contributed by atoms with van der Waals surface area (Å²) in [6.07, 6.45) is 3.73. The molecule has 19 heavy (non-hydrogen) atoms. The minimum Gasteiger partial charge on any atom is -0.508 e. The van der Waals surface area contributed by atoms with Crippen LogP contribution < -0.4 is 0 Å². The second-order valence-corrected chi connectivity index (χ2v) is 5.08. The Morgan fingerprint density at radius 2 is 1.58 bits per heavy atom. The van der Waals surface area contributed by atoms with E-state index in [1.54, 1.807) is 12.1 Å². The molecule has 2 aliphatic carbocycles. The molecule has 2 aliphatic rings. The average molecular weight is 275 g/mol. The molecule has 1 aromatic rings. The maximum Gasteiger partial charge on any atom is 0.115 e. The van der Waals surface area contributed by atoms with Gasteiger partial charge in [-0.3, -0.25) is 0 Å². The van der Waals surface area contributed by atoms with Crippen molar-refractivity contribution in [2.75, 3.05) is 5.88 Å². The summed E-state index contributed by atoms with van der Waals surface area (Å²) < 4.78 is 0. The summed E-state index contributed by atoms with van der Waals surface area (Å²) >= 11 is 5.38. The molecule has 1 aromatic carbocycles. The quantitative estimate of drug-likeness (QED) is 0.495. The first-order valence-corrected chi connectivity index (χ1v) is 7.29. The topological polar surface area (TPSA) is 20.2 Å². The van der Waals surface area contributed by atoms with Gasteiger partial charge in [0.2, 0.25) is 0 Å². The number of rotatable bonds is 4. The molecule has 0 heterocycles. The highest BCUT2D eigenvalue weighted by Gasteiger charge is 2.17. The smallest absolute Gasteiger partial charge is 0.115 e. The molecule has 0 atom stereocenters. The normalized spacial score (nSPS) is 10.6. The van der Waals surface area contributed by atoms with Crippen LogP contribution in [0.25, 0.3) is 22.3 Å². The first-order valence-electron chi connectivity index (χ1n) is 6.76. The predicted molar refractivity (Wildman–Crippen MR) is 82.8 cm³/mol. The zero-order valence-corrected chi connectivity index (χ0v) is 12.0. The van der Waals surface area contributed by atoms with Crippen molar-refractivity contribution in [3.63, 3.8) is 0 Å². The minimum atomic E-state index is 0.320. The third-order valence-electron chi connectivity index (χ3n) is 3.16. The molecule has 0 fully saturated rings. The van der Waals surface area contributed by atoms with Gasteiger partial charge in [-0.1, -0.05) is 44.0 Å². The van der Waals surface area contributed by atoms with Crippen LogP contribution in [0.4, 0.5) is 0 Å². The standard InChI is InChI=1S/C12H8O.C5H11Cl/c13-10-4-1-8(2-5-10)11-6-3-9-7-12(9)11;1-2-3-4-5-6/h1-7,13H;2-5H2,1H3. The molecule has 0 aliphatic heterocycles. The molecule has 0 saturated heterocycles.